The van der Waals surface area contributed by atoms with E-state index in [1.54, 1.807) is 30.3 Å². The number of esters is 1. The van der Waals surface area contributed by atoms with Crippen LogP contribution in [0.25, 0.3) is 6.08 Å². The molecule has 0 unspecified atom stereocenters. The molecule has 0 aromatic heterocycles. The van der Waals surface area contributed by atoms with Crippen molar-refractivity contribution in [2.75, 3.05) is 13.7 Å². The van der Waals surface area contributed by atoms with E-state index < -0.39 is 17.9 Å². The van der Waals surface area contributed by atoms with Crippen LogP contribution in [0.2, 0.25) is 0 Å². The number of nitrogens with two attached hydrogens (primary N) is 1. The van der Waals surface area contributed by atoms with Crippen LogP contribution in [-0.2, 0) is 9.53 Å². The molecule has 0 aliphatic carbocycles. The molecule has 26 heavy (non-hydrogen) atoms. The second-order valence-corrected chi connectivity index (χ2v) is 5.38. The fraction of sp³-hybridized carbons (Fsp3) is 0.143. The van der Waals surface area contributed by atoms with Gasteiger partial charge in [-0.05, 0) is 42.0 Å². The molecule has 3 N–H and O–H groups in total. The SMILES string of the molecule is COC(=O)[C@H](CN)NC(=O)c1ccc(C#CC=Cc2ccccc2)cc1. The van der Waals surface area contributed by atoms with E-state index in [4.69, 9.17) is 5.73 Å². The van der Waals surface area contributed by atoms with Crippen molar-refractivity contribution in [3.63, 3.8) is 0 Å². The zero-order valence-corrected chi connectivity index (χ0v) is 14.4. The first-order valence-corrected chi connectivity index (χ1v) is 8.06. The molecule has 2 aromatic rings. The molecule has 0 fully saturated rings. The molecule has 5 nitrogen and oxygen atoms in total. The van der Waals surface area contributed by atoms with E-state index in [2.05, 4.69) is 21.9 Å². The van der Waals surface area contributed by atoms with Gasteiger partial charge >= 0.3 is 5.97 Å². The van der Waals surface area contributed by atoms with Gasteiger partial charge in [-0.25, -0.2) is 4.79 Å². The zero-order valence-electron chi connectivity index (χ0n) is 14.4. The topological polar surface area (TPSA) is 81.4 Å². The molecule has 0 saturated heterocycles. The van der Waals surface area contributed by atoms with Crippen LogP contribution < -0.4 is 11.1 Å². The number of methoxy groups -OCH3 is 1. The summed E-state index contributed by atoms with van der Waals surface area (Å²) in [6.07, 6.45) is 3.70. The molecular weight excluding hydrogens is 328 g/mol. The molecule has 2 rings (SSSR count). The van der Waals surface area contributed by atoms with Crippen LogP contribution in [0.1, 0.15) is 21.5 Å². The van der Waals surface area contributed by atoms with E-state index in [-0.39, 0.29) is 6.54 Å². The van der Waals surface area contributed by atoms with Crippen LogP contribution in [0.4, 0.5) is 0 Å². The minimum Gasteiger partial charge on any atom is -0.467 e. The van der Waals surface area contributed by atoms with Gasteiger partial charge in [0.1, 0.15) is 6.04 Å². The number of hydrogen-bond acceptors (Lipinski definition) is 4. The van der Waals surface area contributed by atoms with Gasteiger partial charge in [0.05, 0.1) is 7.11 Å². The predicted molar refractivity (Wildman–Crippen MR) is 101 cm³/mol. The Kier molecular flexibility index (Phi) is 7.17. The summed E-state index contributed by atoms with van der Waals surface area (Å²) in [5.74, 6) is 4.98. The fourth-order valence-corrected chi connectivity index (χ4v) is 2.13. The van der Waals surface area contributed by atoms with Crippen LogP contribution in [0.5, 0.6) is 0 Å². The van der Waals surface area contributed by atoms with Crippen LogP contribution in [0.15, 0.2) is 60.7 Å². The van der Waals surface area contributed by atoms with Gasteiger partial charge in [0.2, 0.25) is 0 Å². The van der Waals surface area contributed by atoms with Crippen molar-refractivity contribution in [2.24, 2.45) is 5.73 Å². The van der Waals surface area contributed by atoms with E-state index in [0.717, 1.165) is 11.1 Å². The number of rotatable bonds is 5. The Morgan fingerprint density at radius 1 is 1.15 bits per heavy atom. The maximum atomic E-state index is 12.1. The lowest BCUT2D eigenvalue weighted by Gasteiger charge is -2.14. The van der Waals surface area contributed by atoms with Crippen molar-refractivity contribution in [1.29, 1.82) is 0 Å². The van der Waals surface area contributed by atoms with Crippen molar-refractivity contribution >= 4 is 18.0 Å². The van der Waals surface area contributed by atoms with Crippen molar-refractivity contribution in [3.05, 3.63) is 77.4 Å². The third-order valence-corrected chi connectivity index (χ3v) is 3.55. The molecule has 0 aliphatic rings. The normalized spacial score (nSPS) is 11.3. The first kappa shape index (κ1) is 19.0. The van der Waals surface area contributed by atoms with Crippen molar-refractivity contribution in [2.45, 2.75) is 6.04 Å². The summed E-state index contributed by atoms with van der Waals surface area (Å²) in [6, 6.07) is 15.8. The van der Waals surface area contributed by atoms with E-state index in [9.17, 15) is 9.59 Å². The first-order valence-electron chi connectivity index (χ1n) is 8.06. The largest absolute Gasteiger partial charge is 0.467 e. The number of nitrogens with one attached hydrogen (secondary N) is 1. The number of hydrogen-bond donors (Lipinski definition) is 2. The summed E-state index contributed by atoms with van der Waals surface area (Å²) in [7, 11) is 1.25. The maximum Gasteiger partial charge on any atom is 0.329 e. The molecular formula is C21H20N2O3. The highest BCUT2D eigenvalue weighted by Gasteiger charge is 2.20. The van der Waals surface area contributed by atoms with Gasteiger partial charge in [-0.1, -0.05) is 42.2 Å². The molecule has 0 saturated carbocycles. The highest BCUT2D eigenvalue weighted by molar-refractivity contribution is 5.96. The Morgan fingerprint density at radius 2 is 1.85 bits per heavy atom. The Hall–Kier alpha value is -3.36. The lowest BCUT2D eigenvalue weighted by atomic mass is 10.1. The molecule has 0 bridgehead atoms. The lowest BCUT2D eigenvalue weighted by molar-refractivity contribution is -0.142. The highest BCUT2D eigenvalue weighted by atomic mass is 16.5. The summed E-state index contributed by atoms with van der Waals surface area (Å²) in [4.78, 5) is 23.6. The van der Waals surface area contributed by atoms with Crippen LogP contribution in [-0.4, -0.2) is 31.6 Å². The predicted octanol–water partition coefficient (Wildman–Crippen LogP) is 1.98. The first-order chi connectivity index (χ1) is 12.6. The van der Waals surface area contributed by atoms with Crippen LogP contribution in [0, 0.1) is 11.8 Å². The van der Waals surface area contributed by atoms with Gasteiger partial charge in [0.15, 0.2) is 0 Å². The number of carbonyl (C=O) groups is 2. The zero-order chi connectivity index (χ0) is 18.8. The average Bonchev–Trinajstić information content (AvgIpc) is 2.70. The summed E-state index contributed by atoms with van der Waals surface area (Å²) >= 11 is 0. The molecule has 0 heterocycles. The summed E-state index contributed by atoms with van der Waals surface area (Å²) in [5, 5.41) is 2.54. The molecule has 0 aliphatic heterocycles. The Morgan fingerprint density at radius 3 is 2.46 bits per heavy atom. The van der Waals surface area contributed by atoms with E-state index in [1.807, 2.05) is 36.4 Å². The molecule has 132 valence electrons. The Labute approximate surface area is 152 Å². The van der Waals surface area contributed by atoms with Crippen molar-refractivity contribution < 1.29 is 14.3 Å². The highest BCUT2D eigenvalue weighted by Crippen LogP contribution is 2.05. The quantitative estimate of drug-likeness (QED) is 0.639. The lowest BCUT2D eigenvalue weighted by Crippen LogP contribution is -2.46. The molecule has 2 aromatic carbocycles. The Bertz CT molecular complexity index is 831. The smallest absolute Gasteiger partial charge is 0.329 e. The maximum absolute atomic E-state index is 12.1. The van der Waals surface area contributed by atoms with Gasteiger partial charge < -0.3 is 15.8 Å². The second kappa shape index (κ2) is 9.82. The molecule has 1 amide bonds. The number of amides is 1. The van der Waals surface area contributed by atoms with E-state index in [1.165, 1.54) is 7.11 Å². The van der Waals surface area contributed by atoms with Crippen LogP contribution in [0.3, 0.4) is 0 Å². The molecule has 0 radical (unpaired) electrons. The number of allylic oxidation sites excluding steroid dienone is 1. The Balaban J connectivity index is 1.98. The summed E-state index contributed by atoms with van der Waals surface area (Å²) in [6.45, 7) is -0.0320. The fourth-order valence-electron chi connectivity index (χ4n) is 2.13. The van der Waals surface area contributed by atoms with Gasteiger partial charge in [0, 0.05) is 17.7 Å². The van der Waals surface area contributed by atoms with Crippen molar-refractivity contribution in [3.8, 4) is 11.8 Å². The monoisotopic (exact) mass is 348 g/mol. The van der Waals surface area contributed by atoms with Gasteiger partial charge in [-0.2, -0.15) is 0 Å². The summed E-state index contributed by atoms with van der Waals surface area (Å²) in [5.41, 5.74) is 7.74. The average molecular weight is 348 g/mol. The van der Waals surface area contributed by atoms with Crippen LogP contribution >= 0.6 is 0 Å². The van der Waals surface area contributed by atoms with Gasteiger partial charge in [-0.15, -0.1) is 0 Å². The third kappa shape index (κ3) is 5.62. The molecule has 5 heteroatoms. The minimum absolute atomic E-state index is 0.0320. The molecule has 0 spiro atoms. The minimum atomic E-state index is -0.866. The molecule has 1 atom stereocenters. The van der Waals surface area contributed by atoms with E-state index >= 15 is 0 Å². The second-order valence-electron chi connectivity index (χ2n) is 5.38. The number of ether oxygens (including phenoxy) is 1. The summed E-state index contributed by atoms with van der Waals surface area (Å²) < 4.78 is 4.59. The number of benzene rings is 2. The third-order valence-electron chi connectivity index (χ3n) is 3.55. The van der Waals surface area contributed by atoms with Gasteiger partial charge in [0.25, 0.3) is 5.91 Å². The number of carbonyl (C=O) groups excluding carboxylic acids is 2. The standard InChI is InChI=1S/C21H20N2O3/c1-26-21(25)19(15-22)23-20(24)18-13-11-17(12-14-18)10-6-5-9-16-7-3-2-4-8-16/h2-5,7-9,11-14,19H,15,22H2,1H3,(H,23,24)/t19-/m0/s1. The van der Waals surface area contributed by atoms with E-state index in [0.29, 0.717) is 5.56 Å². The van der Waals surface area contributed by atoms with Crippen molar-refractivity contribution in [1.82, 2.24) is 5.32 Å². The van der Waals surface area contributed by atoms with Gasteiger partial charge in [-0.3, -0.25) is 4.79 Å².